The number of amides is 1. The lowest BCUT2D eigenvalue weighted by Gasteiger charge is -2.30. The number of morpholine rings is 1. The number of carboxylic acids is 1. The lowest BCUT2D eigenvalue weighted by molar-refractivity contribution is -0.159. The van der Waals surface area contributed by atoms with E-state index in [-0.39, 0.29) is 25.5 Å². The third kappa shape index (κ3) is 2.56. The number of carbonyl (C=O) groups is 2. The molecule has 0 aliphatic carbocycles. The molecule has 1 rings (SSSR count). The van der Waals surface area contributed by atoms with Crippen molar-refractivity contribution in [1.82, 2.24) is 4.90 Å². The molecule has 14 heavy (non-hydrogen) atoms. The van der Waals surface area contributed by atoms with Gasteiger partial charge in [-0.1, -0.05) is 6.08 Å². The molecule has 1 aliphatic heterocycles. The Balaban J connectivity index is 2.51. The minimum absolute atomic E-state index is 0.102. The van der Waals surface area contributed by atoms with E-state index in [1.54, 1.807) is 0 Å². The van der Waals surface area contributed by atoms with Crippen molar-refractivity contribution < 1.29 is 19.4 Å². The van der Waals surface area contributed by atoms with Crippen LogP contribution in [0.5, 0.6) is 0 Å². The van der Waals surface area contributed by atoms with Crippen molar-refractivity contribution in [1.29, 1.82) is 0 Å². The predicted molar refractivity (Wildman–Crippen MR) is 48.8 cm³/mol. The second kappa shape index (κ2) is 4.76. The number of nitrogens with zero attached hydrogens (tertiary/aromatic N) is 1. The Morgan fingerprint density at radius 1 is 1.64 bits per heavy atom. The molecule has 1 heterocycles. The summed E-state index contributed by atoms with van der Waals surface area (Å²) in [5.41, 5.74) is 0. The maximum atomic E-state index is 11.4. The van der Waals surface area contributed by atoms with E-state index in [1.807, 2.05) is 0 Å². The van der Waals surface area contributed by atoms with Gasteiger partial charge >= 0.3 is 5.97 Å². The van der Waals surface area contributed by atoms with Crippen LogP contribution in [-0.4, -0.2) is 47.7 Å². The van der Waals surface area contributed by atoms with Gasteiger partial charge in [-0.05, 0) is 0 Å². The molecule has 1 unspecified atom stereocenters. The van der Waals surface area contributed by atoms with E-state index >= 15 is 0 Å². The Morgan fingerprint density at radius 3 is 2.93 bits per heavy atom. The number of ether oxygens (including phenoxy) is 1. The monoisotopic (exact) mass is 199 g/mol. The summed E-state index contributed by atoms with van der Waals surface area (Å²) in [5.74, 6) is -1.13. The molecule has 5 heteroatoms. The lowest BCUT2D eigenvalue weighted by atomic mass is 10.2. The molecule has 0 aromatic rings. The highest BCUT2D eigenvalue weighted by Gasteiger charge is 2.28. The maximum Gasteiger partial charge on any atom is 0.334 e. The van der Waals surface area contributed by atoms with Crippen molar-refractivity contribution in [2.45, 2.75) is 12.5 Å². The fraction of sp³-hybridized carbons (Fsp3) is 0.556. The summed E-state index contributed by atoms with van der Waals surface area (Å²) in [6.45, 7) is 4.31. The van der Waals surface area contributed by atoms with Crippen LogP contribution < -0.4 is 0 Å². The minimum atomic E-state index is -1.03. The van der Waals surface area contributed by atoms with Gasteiger partial charge in [-0.2, -0.15) is 0 Å². The van der Waals surface area contributed by atoms with E-state index in [0.717, 1.165) is 0 Å². The SMILES string of the molecule is C=CCC(=O)N1CCOC(C(=O)O)C1. The van der Waals surface area contributed by atoms with Gasteiger partial charge in [-0.3, -0.25) is 4.79 Å². The van der Waals surface area contributed by atoms with Crippen LogP contribution in [0.3, 0.4) is 0 Å². The molecule has 5 nitrogen and oxygen atoms in total. The van der Waals surface area contributed by atoms with E-state index in [2.05, 4.69) is 6.58 Å². The van der Waals surface area contributed by atoms with Gasteiger partial charge in [0.25, 0.3) is 0 Å². The van der Waals surface area contributed by atoms with Crippen molar-refractivity contribution in [2.24, 2.45) is 0 Å². The molecule has 1 saturated heterocycles. The molecular weight excluding hydrogens is 186 g/mol. The summed E-state index contributed by atoms with van der Waals surface area (Å²) in [7, 11) is 0. The van der Waals surface area contributed by atoms with E-state index < -0.39 is 12.1 Å². The highest BCUT2D eigenvalue weighted by atomic mass is 16.5. The van der Waals surface area contributed by atoms with Crippen LogP contribution in [0.25, 0.3) is 0 Å². The van der Waals surface area contributed by atoms with Gasteiger partial charge in [0.05, 0.1) is 13.2 Å². The molecule has 1 amide bonds. The fourth-order valence-corrected chi connectivity index (χ4v) is 1.28. The fourth-order valence-electron chi connectivity index (χ4n) is 1.28. The molecule has 1 atom stereocenters. The number of hydrogen-bond donors (Lipinski definition) is 1. The highest BCUT2D eigenvalue weighted by molar-refractivity contribution is 5.79. The van der Waals surface area contributed by atoms with Gasteiger partial charge in [-0.15, -0.1) is 6.58 Å². The van der Waals surface area contributed by atoms with Crippen molar-refractivity contribution in [3.63, 3.8) is 0 Å². The average molecular weight is 199 g/mol. The van der Waals surface area contributed by atoms with E-state index in [9.17, 15) is 9.59 Å². The molecule has 1 N–H and O–H groups in total. The van der Waals surface area contributed by atoms with Gasteiger partial charge in [0.2, 0.25) is 5.91 Å². The number of aliphatic carboxylic acids is 1. The van der Waals surface area contributed by atoms with Crippen molar-refractivity contribution in [3.8, 4) is 0 Å². The van der Waals surface area contributed by atoms with E-state index in [1.165, 1.54) is 11.0 Å². The van der Waals surface area contributed by atoms with Crippen molar-refractivity contribution in [3.05, 3.63) is 12.7 Å². The first-order valence-corrected chi connectivity index (χ1v) is 4.38. The van der Waals surface area contributed by atoms with Crippen LogP contribution in [-0.2, 0) is 14.3 Å². The number of rotatable bonds is 3. The first-order chi connectivity index (χ1) is 6.65. The first-order valence-electron chi connectivity index (χ1n) is 4.38. The van der Waals surface area contributed by atoms with Crippen LogP contribution in [0, 0.1) is 0 Å². The highest BCUT2D eigenvalue weighted by Crippen LogP contribution is 2.07. The number of carboxylic acid groups (broad SMARTS) is 1. The molecule has 78 valence electrons. The summed E-state index contributed by atoms with van der Waals surface area (Å²) in [4.78, 5) is 23.5. The standard InChI is InChI=1S/C9H13NO4/c1-2-3-8(11)10-4-5-14-7(6-10)9(12)13/h2,7H,1,3-6H2,(H,12,13). The third-order valence-electron chi connectivity index (χ3n) is 2.01. The molecule has 0 aromatic heterocycles. The second-order valence-electron chi connectivity index (χ2n) is 3.03. The van der Waals surface area contributed by atoms with Crippen LogP contribution in [0.15, 0.2) is 12.7 Å². The Kier molecular flexibility index (Phi) is 3.64. The summed E-state index contributed by atoms with van der Waals surface area (Å²) < 4.78 is 4.98. The van der Waals surface area contributed by atoms with Gasteiger partial charge in [0, 0.05) is 13.0 Å². The number of carbonyl (C=O) groups excluding carboxylic acids is 1. The largest absolute Gasteiger partial charge is 0.479 e. The first kappa shape index (κ1) is 10.7. The normalized spacial score (nSPS) is 21.7. The van der Waals surface area contributed by atoms with Gasteiger partial charge < -0.3 is 14.7 Å². The summed E-state index contributed by atoms with van der Waals surface area (Å²) in [6, 6.07) is 0. The molecule has 1 aliphatic rings. The molecule has 1 fully saturated rings. The zero-order valence-electron chi connectivity index (χ0n) is 7.81. The Morgan fingerprint density at radius 2 is 2.36 bits per heavy atom. The quantitative estimate of drug-likeness (QED) is 0.643. The van der Waals surface area contributed by atoms with Crippen LogP contribution in [0.4, 0.5) is 0 Å². The topological polar surface area (TPSA) is 66.8 Å². The Bertz CT molecular complexity index is 251. The molecular formula is C9H13NO4. The third-order valence-corrected chi connectivity index (χ3v) is 2.01. The molecule has 0 aromatic carbocycles. The van der Waals surface area contributed by atoms with Crippen molar-refractivity contribution in [2.75, 3.05) is 19.7 Å². The molecule has 0 radical (unpaired) electrons. The second-order valence-corrected chi connectivity index (χ2v) is 3.03. The van der Waals surface area contributed by atoms with E-state index in [4.69, 9.17) is 9.84 Å². The molecule has 0 bridgehead atoms. The van der Waals surface area contributed by atoms with Crippen LogP contribution in [0.2, 0.25) is 0 Å². The van der Waals surface area contributed by atoms with Crippen LogP contribution in [0.1, 0.15) is 6.42 Å². The lowest BCUT2D eigenvalue weighted by Crippen LogP contribution is -2.48. The maximum absolute atomic E-state index is 11.4. The summed E-state index contributed by atoms with van der Waals surface area (Å²) >= 11 is 0. The Hall–Kier alpha value is -1.36. The van der Waals surface area contributed by atoms with E-state index in [0.29, 0.717) is 6.54 Å². The van der Waals surface area contributed by atoms with Gasteiger partial charge in [-0.25, -0.2) is 4.79 Å². The Labute approximate surface area is 82.0 Å². The number of hydrogen-bond acceptors (Lipinski definition) is 3. The average Bonchev–Trinajstić information content (AvgIpc) is 2.18. The van der Waals surface area contributed by atoms with Gasteiger partial charge in [0.15, 0.2) is 6.10 Å². The smallest absolute Gasteiger partial charge is 0.334 e. The molecule has 0 saturated carbocycles. The predicted octanol–water partition coefficient (Wildman–Crippen LogP) is -0.126. The summed E-state index contributed by atoms with van der Waals surface area (Å²) in [5, 5.41) is 8.68. The summed E-state index contributed by atoms with van der Waals surface area (Å²) in [6.07, 6.45) is 0.859. The van der Waals surface area contributed by atoms with Crippen LogP contribution >= 0.6 is 0 Å². The minimum Gasteiger partial charge on any atom is -0.479 e. The zero-order valence-corrected chi connectivity index (χ0v) is 7.81. The van der Waals surface area contributed by atoms with Crippen molar-refractivity contribution >= 4 is 11.9 Å². The van der Waals surface area contributed by atoms with Gasteiger partial charge in [0.1, 0.15) is 0 Å². The molecule has 0 spiro atoms. The zero-order chi connectivity index (χ0) is 10.6.